The van der Waals surface area contributed by atoms with Crippen LogP contribution in [0.4, 0.5) is 0 Å². The minimum Gasteiger partial charge on any atom is -0.342 e. The van der Waals surface area contributed by atoms with Crippen LogP contribution in [0.3, 0.4) is 0 Å². The van der Waals surface area contributed by atoms with Crippen LogP contribution in [0, 0.1) is 11.3 Å². The molecule has 0 spiro atoms. The third kappa shape index (κ3) is 2.62. The van der Waals surface area contributed by atoms with Gasteiger partial charge in [-0.3, -0.25) is 0 Å². The Morgan fingerprint density at radius 2 is 1.86 bits per heavy atom. The summed E-state index contributed by atoms with van der Waals surface area (Å²) in [6, 6.07) is 7.53. The highest BCUT2D eigenvalue weighted by molar-refractivity contribution is 7.95. The highest BCUT2D eigenvalue weighted by Crippen LogP contribution is 2.28. The van der Waals surface area contributed by atoms with Crippen molar-refractivity contribution < 1.29 is 8.42 Å². The van der Waals surface area contributed by atoms with Crippen molar-refractivity contribution >= 4 is 21.4 Å². The van der Waals surface area contributed by atoms with Gasteiger partial charge >= 0.3 is 0 Å². The minimum absolute atomic E-state index is 0.0355. The van der Waals surface area contributed by atoms with Crippen molar-refractivity contribution in [1.82, 2.24) is 10.2 Å². The molecule has 1 aromatic carbocycles. The number of nitrogens with one attached hydrogen (secondary N) is 1. The van der Waals surface area contributed by atoms with Crippen LogP contribution < -0.4 is 5.32 Å². The third-order valence-electron chi connectivity index (χ3n) is 3.40. The molecule has 110 valence electrons. The fourth-order valence-corrected chi connectivity index (χ4v) is 3.37. The van der Waals surface area contributed by atoms with Gasteiger partial charge in [-0.1, -0.05) is 11.6 Å². The molecule has 5 nitrogen and oxygen atoms in total. The normalized spacial score (nSPS) is 17.6. The van der Waals surface area contributed by atoms with Crippen molar-refractivity contribution in [2.45, 2.75) is 18.7 Å². The second-order valence-corrected chi connectivity index (χ2v) is 6.96. The van der Waals surface area contributed by atoms with Crippen LogP contribution in [0.5, 0.6) is 0 Å². The van der Waals surface area contributed by atoms with Gasteiger partial charge in [-0.05, 0) is 38.1 Å². The average molecular weight is 324 g/mol. The predicted molar refractivity (Wildman–Crippen MR) is 80.5 cm³/mol. The minimum atomic E-state index is -3.90. The smallest absolute Gasteiger partial charge is 0.220 e. The van der Waals surface area contributed by atoms with Crippen molar-refractivity contribution in [3.63, 3.8) is 0 Å². The molecular formula is C14H14ClN3O2S. The summed E-state index contributed by atoms with van der Waals surface area (Å²) >= 11 is 5.76. The first-order chi connectivity index (χ1) is 9.78. The van der Waals surface area contributed by atoms with Crippen molar-refractivity contribution in [3.8, 4) is 6.07 Å². The number of halogens is 1. The molecule has 0 aliphatic carbocycles. The number of nitrogens with zero attached hydrogens (tertiary/aromatic N) is 2. The van der Waals surface area contributed by atoms with Crippen LogP contribution in [-0.2, 0) is 9.84 Å². The second kappa shape index (κ2) is 5.43. The molecule has 2 rings (SSSR count). The lowest BCUT2D eigenvalue weighted by Gasteiger charge is -2.16. The van der Waals surface area contributed by atoms with Gasteiger partial charge in [0.15, 0.2) is 4.91 Å². The maximum atomic E-state index is 12.6. The van der Waals surface area contributed by atoms with Gasteiger partial charge in [-0.25, -0.2) is 8.42 Å². The van der Waals surface area contributed by atoms with Gasteiger partial charge in [0.1, 0.15) is 11.9 Å². The van der Waals surface area contributed by atoms with E-state index in [-0.39, 0.29) is 15.6 Å². The first kappa shape index (κ1) is 15.4. The number of hydrogen-bond acceptors (Lipinski definition) is 5. The van der Waals surface area contributed by atoms with Crippen LogP contribution in [-0.4, -0.2) is 20.4 Å². The van der Waals surface area contributed by atoms with E-state index in [2.05, 4.69) is 5.32 Å². The van der Waals surface area contributed by atoms with Crippen molar-refractivity contribution in [3.05, 3.63) is 51.4 Å². The van der Waals surface area contributed by atoms with Gasteiger partial charge < -0.3 is 10.2 Å². The lowest BCUT2D eigenvalue weighted by molar-refractivity contribution is 0.525. The van der Waals surface area contributed by atoms with E-state index < -0.39 is 9.84 Å². The summed E-state index contributed by atoms with van der Waals surface area (Å²) < 4.78 is 25.2. The zero-order chi connectivity index (χ0) is 15.8. The van der Waals surface area contributed by atoms with E-state index >= 15 is 0 Å². The van der Waals surface area contributed by atoms with E-state index in [9.17, 15) is 13.7 Å². The molecule has 21 heavy (non-hydrogen) atoms. The summed E-state index contributed by atoms with van der Waals surface area (Å²) in [4.78, 5) is 1.37. The first-order valence-electron chi connectivity index (χ1n) is 6.12. The van der Waals surface area contributed by atoms with Crippen molar-refractivity contribution in [1.29, 1.82) is 5.26 Å². The zero-order valence-electron chi connectivity index (χ0n) is 11.8. The molecule has 0 aromatic heterocycles. The topological polar surface area (TPSA) is 73.2 Å². The van der Waals surface area contributed by atoms with Gasteiger partial charge in [0, 0.05) is 23.5 Å². The molecule has 7 heteroatoms. The highest BCUT2D eigenvalue weighted by atomic mass is 35.5. The number of benzene rings is 1. The molecule has 0 bridgehead atoms. The Morgan fingerprint density at radius 3 is 2.29 bits per heavy atom. The van der Waals surface area contributed by atoms with E-state index in [4.69, 9.17) is 11.6 Å². The van der Waals surface area contributed by atoms with Crippen LogP contribution >= 0.6 is 11.6 Å². The van der Waals surface area contributed by atoms with Gasteiger partial charge in [0.25, 0.3) is 0 Å². The Bertz CT molecular complexity index is 787. The average Bonchev–Trinajstić information content (AvgIpc) is 2.68. The van der Waals surface area contributed by atoms with Gasteiger partial charge in [0.05, 0.1) is 4.90 Å². The summed E-state index contributed by atoms with van der Waals surface area (Å²) in [6.45, 7) is 3.67. The van der Waals surface area contributed by atoms with Crippen molar-refractivity contribution in [2.24, 2.45) is 0 Å². The molecule has 1 aliphatic rings. The Hall–Kier alpha value is -1.97. The molecule has 0 atom stereocenters. The number of hydrogen-bond donors (Lipinski definition) is 1. The summed E-state index contributed by atoms with van der Waals surface area (Å²) in [6.07, 6.45) is 0. The van der Waals surface area contributed by atoms with E-state index in [1.54, 1.807) is 18.0 Å². The highest BCUT2D eigenvalue weighted by Gasteiger charge is 2.30. The van der Waals surface area contributed by atoms with Crippen LogP contribution in [0.2, 0.25) is 5.02 Å². The Kier molecular flexibility index (Phi) is 3.99. The predicted octanol–water partition coefficient (Wildman–Crippen LogP) is 2.59. The van der Waals surface area contributed by atoms with Gasteiger partial charge in [-0.2, -0.15) is 5.26 Å². The largest absolute Gasteiger partial charge is 0.342 e. The molecule has 1 aliphatic heterocycles. The molecule has 1 heterocycles. The second-order valence-electron chi connectivity index (χ2n) is 4.64. The van der Waals surface area contributed by atoms with Crippen LogP contribution in [0.1, 0.15) is 13.8 Å². The van der Waals surface area contributed by atoms with Crippen molar-refractivity contribution in [2.75, 3.05) is 7.05 Å². The Balaban J connectivity index is 2.58. The SMILES string of the molecule is CC1=C(C)N(C)C(=C(C#N)S(=O)(=O)c2ccc(Cl)cc2)N1. The third-order valence-corrected chi connectivity index (χ3v) is 5.36. The Morgan fingerprint density at radius 1 is 1.29 bits per heavy atom. The summed E-state index contributed by atoms with van der Waals surface area (Å²) in [5, 5.41) is 12.7. The molecule has 1 N–H and O–H groups in total. The molecule has 0 amide bonds. The molecule has 0 radical (unpaired) electrons. The molecular weight excluding hydrogens is 310 g/mol. The fraction of sp³-hybridized carbons (Fsp3) is 0.214. The van der Waals surface area contributed by atoms with E-state index in [1.165, 1.54) is 24.3 Å². The number of nitriles is 1. The number of sulfone groups is 1. The van der Waals surface area contributed by atoms with Crippen LogP contribution in [0.15, 0.2) is 51.3 Å². The quantitative estimate of drug-likeness (QED) is 0.847. The molecule has 1 aromatic rings. The van der Waals surface area contributed by atoms with Gasteiger partial charge in [-0.15, -0.1) is 0 Å². The van der Waals surface area contributed by atoms with E-state index in [1.807, 2.05) is 13.8 Å². The molecule has 0 saturated carbocycles. The maximum absolute atomic E-state index is 12.6. The Labute approximate surface area is 129 Å². The summed E-state index contributed by atoms with van der Waals surface area (Å²) in [5.74, 6) is 0.266. The number of allylic oxidation sites excluding steroid dienone is 3. The van der Waals surface area contributed by atoms with Crippen LogP contribution in [0.25, 0.3) is 0 Å². The standard InChI is InChI=1S/C14H14ClN3O2S/c1-9-10(2)18(3)14(17-9)13(8-16)21(19,20)12-6-4-11(15)5-7-12/h4-7,17H,1-3H3. The summed E-state index contributed by atoms with van der Waals surface area (Å²) in [7, 11) is -2.19. The number of rotatable bonds is 2. The van der Waals surface area contributed by atoms with Gasteiger partial charge in [0.2, 0.25) is 9.84 Å². The maximum Gasteiger partial charge on any atom is 0.220 e. The fourth-order valence-electron chi connectivity index (χ4n) is 1.95. The zero-order valence-corrected chi connectivity index (χ0v) is 13.4. The molecule has 0 saturated heterocycles. The van der Waals surface area contributed by atoms with E-state index in [0.29, 0.717) is 5.02 Å². The molecule has 0 fully saturated rings. The lowest BCUT2D eigenvalue weighted by Crippen LogP contribution is -2.22. The van der Waals surface area contributed by atoms with E-state index in [0.717, 1.165) is 11.4 Å². The molecule has 0 unspecified atom stereocenters. The first-order valence-corrected chi connectivity index (χ1v) is 7.98. The lowest BCUT2D eigenvalue weighted by atomic mass is 10.4. The monoisotopic (exact) mass is 323 g/mol. The summed E-state index contributed by atoms with van der Waals surface area (Å²) in [5.41, 5.74) is 1.68.